The number of hydrogen-bond acceptors (Lipinski definition) is 12. The number of rotatable bonds is 9. The van der Waals surface area contributed by atoms with E-state index in [9.17, 15) is 40.8 Å². The Morgan fingerprint density at radius 3 is 2.43 bits per heavy atom. The predicted molar refractivity (Wildman–Crippen MR) is 228 cm³/mol. The summed E-state index contributed by atoms with van der Waals surface area (Å²) < 4.78 is 92.9. The van der Waals surface area contributed by atoms with Gasteiger partial charge in [0.1, 0.15) is 46.7 Å². The first kappa shape index (κ1) is 44.3. The van der Waals surface area contributed by atoms with Gasteiger partial charge in [-0.1, -0.05) is 43.2 Å². The van der Waals surface area contributed by atoms with Gasteiger partial charge in [0.05, 0.1) is 29.9 Å². The molecule has 2 aromatic heterocycles. The van der Waals surface area contributed by atoms with Crippen molar-refractivity contribution in [2.75, 3.05) is 13.7 Å². The molecule has 65 heavy (non-hydrogen) atoms. The van der Waals surface area contributed by atoms with Crippen molar-refractivity contribution in [2.45, 2.75) is 125 Å². The summed E-state index contributed by atoms with van der Waals surface area (Å²) in [7, 11) is -2.52. The maximum absolute atomic E-state index is 14.8. The smallest absolute Gasteiger partial charge is 0.416 e. The molecule has 0 bridgehead atoms. The zero-order valence-electron chi connectivity index (χ0n) is 35.5. The van der Waals surface area contributed by atoms with Crippen LogP contribution in [0.2, 0.25) is 0 Å². The van der Waals surface area contributed by atoms with Crippen molar-refractivity contribution in [3.63, 3.8) is 0 Å². The van der Waals surface area contributed by atoms with E-state index in [1.165, 1.54) is 24.1 Å². The van der Waals surface area contributed by atoms with E-state index >= 15 is 0 Å². The van der Waals surface area contributed by atoms with E-state index in [1.54, 1.807) is 18.2 Å². The number of sulfonamides is 1. The summed E-state index contributed by atoms with van der Waals surface area (Å²) >= 11 is 0. The van der Waals surface area contributed by atoms with Gasteiger partial charge in [0.25, 0.3) is 11.8 Å². The number of benzene rings is 2. The largest absolute Gasteiger partial charge is 0.496 e. The molecule has 3 aliphatic carbocycles. The van der Waals surface area contributed by atoms with Gasteiger partial charge in [-0.15, -0.1) is 0 Å². The number of amides is 4. The van der Waals surface area contributed by atoms with Gasteiger partial charge in [-0.2, -0.15) is 18.2 Å². The van der Waals surface area contributed by atoms with E-state index in [0.29, 0.717) is 61.7 Å². The molecule has 5 atom stereocenters. The van der Waals surface area contributed by atoms with Gasteiger partial charge in [-0.25, -0.2) is 18.2 Å². The van der Waals surface area contributed by atoms with Gasteiger partial charge in [0, 0.05) is 17.9 Å². The Labute approximate surface area is 372 Å². The zero-order valence-corrected chi connectivity index (χ0v) is 36.3. The number of nitrogens with one attached hydrogen (secondary N) is 3. The molecule has 5 aliphatic rings. The van der Waals surface area contributed by atoms with Crippen LogP contribution in [0.25, 0.3) is 33.5 Å². The van der Waals surface area contributed by atoms with E-state index in [1.807, 2.05) is 12.2 Å². The van der Waals surface area contributed by atoms with Gasteiger partial charge in [0.15, 0.2) is 5.82 Å². The van der Waals surface area contributed by atoms with Gasteiger partial charge >= 0.3 is 12.3 Å². The quantitative estimate of drug-likeness (QED) is 0.155. The molecule has 4 fully saturated rings. The van der Waals surface area contributed by atoms with Crippen LogP contribution in [-0.2, 0) is 35.3 Å². The monoisotopic (exact) mass is 922 g/mol. The van der Waals surface area contributed by atoms with Crippen LogP contribution in [0.5, 0.6) is 11.6 Å². The minimum atomic E-state index is -4.59. The number of alkyl carbamates (subject to hydrolysis) is 1. The second-order valence-electron chi connectivity index (χ2n) is 17.5. The van der Waals surface area contributed by atoms with Crippen LogP contribution in [0.1, 0.15) is 89.0 Å². The van der Waals surface area contributed by atoms with Crippen LogP contribution in [0.4, 0.5) is 18.0 Å². The summed E-state index contributed by atoms with van der Waals surface area (Å²) in [6.45, 7) is -0.212. The third-order valence-corrected chi connectivity index (χ3v) is 14.8. The molecule has 20 heteroatoms. The van der Waals surface area contributed by atoms with Crippen molar-refractivity contribution < 1.29 is 59.4 Å². The fourth-order valence-corrected chi connectivity index (χ4v) is 10.5. The van der Waals surface area contributed by atoms with Gasteiger partial charge in [-0.3, -0.25) is 19.1 Å². The molecule has 0 radical (unpaired) electrons. The van der Waals surface area contributed by atoms with E-state index < -0.39 is 80.5 Å². The molecule has 3 saturated carbocycles. The Bertz CT molecular complexity index is 2650. The Balaban J connectivity index is 1.07. The third kappa shape index (κ3) is 9.18. The molecule has 346 valence electrons. The fraction of sp³-hybridized carbons (Fsp3) is 0.511. The number of fused-ring (bicyclic) bond motifs is 5. The average Bonchev–Trinajstić information content (AvgIpc) is 4.08. The normalized spacial score (nSPS) is 26.1. The van der Waals surface area contributed by atoms with Crippen molar-refractivity contribution in [1.29, 1.82) is 0 Å². The van der Waals surface area contributed by atoms with Crippen LogP contribution in [-0.4, -0.2) is 95.8 Å². The highest BCUT2D eigenvalue weighted by Gasteiger charge is 2.62. The lowest BCUT2D eigenvalue weighted by molar-refractivity contribution is -0.141. The fourth-order valence-electron chi connectivity index (χ4n) is 9.16. The molecule has 1 saturated heterocycles. The zero-order chi connectivity index (χ0) is 45.7. The van der Waals surface area contributed by atoms with Gasteiger partial charge < -0.3 is 34.2 Å². The number of methoxy groups -OCH3 is 1. The Kier molecular flexibility index (Phi) is 11.9. The molecule has 4 heterocycles. The number of halogens is 3. The molecule has 0 spiro atoms. The molecule has 3 N–H and O–H groups in total. The van der Waals surface area contributed by atoms with Gasteiger partial charge in [0.2, 0.25) is 27.4 Å². The number of hydrogen-bond donors (Lipinski definition) is 3. The lowest BCUT2D eigenvalue weighted by atomic mass is 10.0. The maximum Gasteiger partial charge on any atom is 0.416 e. The highest BCUT2D eigenvalue weighted by atomic mass is 32.2. The van der Waals surface area contributed by atoms with Crippen molar-refractivity contribution in [3.05, 3.63) is 60.2 Å². The van der Waals surface area contributed by atoms with E-state index in [4.69, 9.17) is 18.6 Å². The minimum Gasteiger partial charge on any atom is -0.496 e. The summed E-state index contributed by atoms with van der Waals surface area (Å²) in [5.74, 6) is -2.48. The first-order valence-corrected chi connectivity index (χ1v) is 23.6. The molecular weight excluding hydrogens is 874 g/mol. The second kappa shape index (κ2) is 17.5. The number of allylic oxidation sites excluding steroid dienone is 1. The van der Waals surface area contributed by atoms with Crippen molar-refractivity contribution in [2.24, 2.45) is 5.92 Å². The van der Waals surface area contributed by atoms with Crippen LogP contribution in [0.15, 0.2) is 59.0 Å². The van der Waals surface area contributed by atoms with E-state index in [2.05, 4.69) is 25.3 Å². The standard InChI is InChI=1S/C45H49F3N6O10S/c1-61-33-14-9-15-34-35(33)36-37(64-34)40(51-38(50-36)25-16-18-26(19-17-25)45(46,47)48)62-29-22-32-39(55)52-44(42(57)53-65(59,60)30-20-21-30)23-27(44)10-5-3-2-4-6-13-31(41(56)54(32)24-29)49-43(58)63-28-11-7-8-12-28/h5,9-10,14-19,27-32H,2-4,6-8,11-13,20-24H2,1H3,(H,49,58)(H,52,55)(H,53,57)/b10-5-/t27-,29+,31-,32-,44+/m0/s1. The van der Waals surface area contributed by atoms with Crippen LogP contribution in [0.3, 0.4) is 0 Å². The maximum atomic E-state index is 14.8. The summed E-state index contributed by atoms with van der Waals surface area (Å²) in [4.78, 5) is 67.3. The average molecular weight is 923 g/mol. The number of aromatic nitrogens is 2. The number of furan rings is 1. The molecule has 0 unspecified atom stereocenters. The van der Waals surface area contributed by atoms with Crippen molar-refractivity contribution >= 4 is 55.9 Å². The first-order valence-electron chi connectivity index (χ1n) is 22.1. The van der Waals surface area contributed by atoms with Crippen LogP contribution < -0.4 is 24.8 Å². The van der Waals surface area contributed by atoms with Crippen molar-refractivity contribution in [1.82, 2.24) is 30.2 Å². The lowest BCUT2D eigenvalue weighted by Gasteiger charge is -2.30. The van der Waals surface area contributed by atoms with Crippen LogP contribution in [0, 0.1) is 5.92 Å². The Hall–Kier alpha value is -5.92. The van der Waals surface area contributed by atoms with Crippen molar-refractivity contribution in [3.8, 4) is 23.0 Å². The highest BCUT2D eigenvalue weighted by molar-refractivity contribution is 7.91. The second-order valence-corrected chi connectivity index (χ2v) is 19.5. The highest BCUT2D eigenvalue weighted by Crippen LogP contribution is 2.46. The number of carbonyl (C=O) groups is 4. The Morgan fingerprint density at radius 2 is 1.71 bits per heavy atom. The number of alkyl halides is 3. The van der Waals surface area contributed by atoms with E-state index in [0.717, 1.165) is 31.4 Å². The lowest BCUT2D eigenvalue weighted by Crippen LogP contribution is -2.58. The van der Waals surface area contributed by atoms with Gasteiger partial charge in [-0.05, 0) is 88.5 Å². The predicted octanol–water partition coefficient (Wildman–Crippen LogP) is 6.46. The number of ether oxygens (including phenoxy) is 3. The summed E-state index contributed by atoms with van der Waals surface area (Å²) in [5.41, 5.74) is -1.63. The molecule has 4 aromatic rings. The SMILES string of the molecule is COc1cccc2oc3c(O[C@@H]4C[C@H]5C(=O)N[C@]6(C(=O)NS(=O)(=O)C7CC7)C[C@@H]6/C=C\CCCCC[C@H](NC(=O)OC6CCCC6)C(=O)N5C4)nc(-c4ccc(C(F)(F)F)cc4)nc3c12. The third-order valence-electron chi connectivity index (χ3n) is 13.0. The number of nitrogens with zero attached hydrogens (tertiary/aromatic N) is 3. The topological polar surface area (TPSA) is 208 Å². The molecule has 9 rings (SSSR count). The Morgan fingerprint density at radius 1 is 0.954 bits per heavy atom. The molecule has 2 aliphatic heterocycles. The summed E-state index contributed by atoms with van der Waals surface area (Å²) in [6.07, 6.45) is 4.02. The summed E-state index contributed by atoms with van der Waals surface area (Å²) in [5, 5.41) is 5.35. The summed E-state index contributed by atoms with van der Waals surface area (Å²) in [6, 6.07) is 6.95. The molecular formula is C45H49F3N6O10S. The first-order chi connectivity index (χ1) is 31.1. The minimum absolute atomic E-state index is 0.0107. The molecule has 16 nitrogen and oxygen atoms in total. The van der Waals surface area contributed by atoms with E-state index in [-0.39, 0.29) is 60.3 Å². The van der Waals surface area contributed by atoms with Crippen LogP contribution >= 0.6 is 0 Å². The molecule has 2 aromatic carbocycles. The number of carbonyl (C=O) groups excluding carboxylic acids is 4. The molecule has 4 amide bonds.